The van der Waals surface area contributed by atoms with Crippen molar-refractivity contribution in [1.82, 2.24) is 10.2 Å². The lowest BCUT2D eigenvalue weighted by Crippen LogP contribution is -2.57. The van der Waals surface area contributed by atoms with Gasteiger partial charge in [0.05, 0.1) is 0 Å². The van der Waals surface area contributed by atoms with Crippen molar-refractivity contribution in [2.45, 2.75) is 71.9 Å². The van der Waals surface area contributed by atoms with Gasteiger partial charge in [-0.3, -0.25) is 4.90 Å². The summed E-state index contributed by atoms with van der Waals surface area (Å²) in [4.78, 5) is 2.79. The molecule has 0 aromatic rings. The molecule has 2 nitrogen and oxygen atoms in total. The van der Waals surface area contributed by atoms with Gasteiger partial charge in [0.15, 0.2) is 0 Å². The SMILES string of the molecule is CCCNC1CC(C)CC(C)C1N(CC)CC1CC1. The fourth-order valence-corrected chi connectivity index (χ4v) is 4.08. The molecular formula is C17H34N2. The van der Waals surface area contributed by atoms with Crippen molar-refractivity contribution in [3.63, 3.8) is 0 Å². The Hall–Kier alpha value is -0.0800. The quantitative estimate of drug-likeness (QED) is 0.758. The predicted octanol–water partition coefficient (Wildman–Crippen LogP) is 3.52. The van der Waals surface area contributed by atoms with E-state index in [1.807, 2.05) is 0 Å². The van der Waals surface area contributed by atoms with E-state index in [1.165, 1.54) is 51.7 Å². The van der Waals surface area contributed by atoms with Gasteiger partial charge in [-0.05, 0) is 62.9 Å². The maximum absolute atomic E-state index is 3.85. The molecular weight excluding hydrogens is 232 g/mol. The second kappa shape index (κ2) is 7.08. The van der Waals surface area contributed by atoms with Gasteiger partial charge in [0.25, 0.3) is 0 Å². The number of nitrogens with one attached hydrogen (secondary N) is 1. The first-order valence-electron chi connectivity index (χ1n) is 8.63. The van der Waals surface area contributed by atoms with Crippen LogP contribution in [0, 0.1) is 17.8 Å². The topological polar surface area (TPSA) is 15.3 Å². The minimum absolute atomic E-state index is 0.720. The molecule has 4 atom stereocenters. The number of nitrogens with zero attached hydrogens (tertiary/aromatic N) is 1. The Labute approximate surface area is 120 Å². The lowest BCUT2D eigenvalue weighted by atomic mass is 9.75. The summed E-state index contributed by atoms with van der Waals surface area (Å²) in [6.45, 7) is 13.3. The van der Waals surface area contributed by atoms with Crippen LogP contribution in [0.1, 0.15) is 59.8 Å². The fourth-order valence-electron chi connectivity index (χ4n) is 4.08. The molecule has 2 aliphatic rings. The molecule has 0 aromatic carbocycles. The van der Waals surface area contributed by atoms with Crippen molar-refractivity contribution in [3.05, 3.63) is 0 Å². The molecule has 0 amide bonds. The van der Waals surface area contributed by atoms with E-state index in [2.05, 4.69) is 37.9 Å². The lowest BCUT2D eigenvalue weighted by molar-refractivity contribution is 0.0616. The van der Waals surface area contributed by atoms with E-state index in [0.717, 1.165) is 29.8 Å². The maximum Gasteiger partial charge on any atom is 0.0275 e. The van der Waals surface area contributed by atoms with Crippen LogP contribution in [0.2, 0.25) is 0 Å². The van der Waals surface area contributed by atoms with Crippen molar-refractivity contribution in [3.8, 4) is 0 Å². The number of hydrogen-bond acceptors (Lipinski definition) is 2. The zero-order valence-electron chi connectivity index (χ0n) is 13.5. The molecule has 0 aromatic heterocycles. The van der Waals surface area contributed by atoms with Crippen LogP contribution in [-0.4, -0.2) is 36.6 Å². The van der Waals surface area contributed by atoms with Crippen molar-refractivity contribution < 1.29 is 0 Å². The summed E-state index contributed by atoms with van der Waals surface area (Å²) < 4.78 is 0. The summed E-state index contributed by atoms with van der Waals surface area (Å²) in [6, 6.07) is 1.49. The molecule has 0 spiro atoms. The zero-order valence-corrected chi connectivity index (χ0v) is 13.5. The van der Waals surface area contributed by atoms with Crippen LogP contribution in [0.4, 0.5) is 0 Å². The van der Waals surface area contributed by atoms with Gasteiger partial charge in [0.1, 0.15) is 0 Å². The third-order valence-corrected chi connectivity index (χ3v) is 5.10. The minimum atomic E-state index is 0.720. The molecule has 112 valence electrons. The summed E-state index contributed by atoms with van der Waals surface area (Å²) >= 11 is 0. The highest BCUT2D eigenvalue weighted by molar-refractivity contribution is 4.95. The third-order valence-electron chi connectivity index (χ3n) is 5.10. The average Bonchev–Trinajstić information content (AvgIpc) is 3.17. The minimum Gasteiger partial charge on any atom is -0.312 e. The third kappa shape index (κ3) is 4.19. The Morgan fingerprint density at radius 2 is 1.84 bits per heavy atom. The molecule has 0 saturated heterocycles. The molecule has 0 aliphatic heterocycles. The monoisotopic (exact) mass is 266 g/mol. The molecule has 0 heterocycles. The molecule has 2 rings (SSSR count). The maximum atomic E-state index is 3.85. The fraction of sp³-hybridized carbons (Fsp3) is 1.00. The number of hydrogen-bond donors (Lipinski definition) is 1. The van der Waals surface area contributed by atoms with Gasteiger partial charge < -0.3 is 5.32 Å². The molecule has 0 bridgehead atoms. The Kier molecular flexibility index (Phi) is 5.70. The van der Waals surface area contributed by atoms with E-state index in [1.54, 1.807) is 0 Å². The summed E-state index contributed by atoms with van der Waals surface area (Å²) in [5.41, 5.74) is 0. The van der Waals surface area contributed by atoms with Gasteiger partial charge in [-0.15, -0.1) is 0 Å². The first kappa shape index (κ1) is 15.3. The largest absolute Gasteiger partial charge is 0.312 e. The van der Waals surface area contributed by atoms with E-state index in [-0.39, 0.29) is 0 Å². The first-order valence-corrected chi connectivity index (χ1v) is 8.63. The van der Waals surface area contributed by atoms with Crippen LogP contribution in [0.25, 0.3) is 0 Å². The second-order valence-corrected chi connectivity index (χ2v) is 7.14. The van der Waals surface area contributed by atoms with Crippen LogP contribution >= 0.6 is 0 Å². The van der Waals surface area contributed by atoms with Crippen LogP contribution in [0.15, 0.2) is 0 Å². The molecule has 2 aliphatic carbocycles. The Morgan fingerprint density at radius 3 is 2.42 bits per heavy atom. The van der Waals surface area contributed by atoms with Gasteiger partial charge in [-0.1, -0.05) is 27.7 Å². The van der Waals surface area contributed by atoms with Crippen LogP contribution in [0.5, 0.6) is 0 Å². The van der Waals surface area contributed by atoms with Crippen molar-refractivity contribution in [2.75, 3.05) is 19.6 Å². The molecule has 19 heavy (non-hydrogen) atoms. The van der Waals surface area contributed by atoms with Crippen molar-refractivity contribution in [2.24, 2.45) is 17.8 Å². The average molecular weight is 266 g/mol. The number of rotatable bonds is 7. The van der Waals surface area contributed by atoms with Crippen molar-refractivity contribution >= 4 is 0 Å². The molecule has 0 radical (unpaired) electrons. The van der Waals surface area contributed by atoms with Crippen LogP contribution in [0.3, 0.4) is 0 Å². The summed E-state index contributed by atoms with van der Waals surface area (Å²) in [6.07, 6.45) is 6.98. The van der Waals surface area contributed by atoms with E-state index in [9.17, 15) is 0 Å². The van der Waals surface area contributed by atoms with Gasteiger partial charge in [0, 0.05) is 18.6 Å². The lowest BCUT2D eigenvalue weighted by Gasteiger charge is -2.46. The van der Waals surface area contributed by atoms with Gasteiger partial charge in [-0.2, -0.15) is 0 Å². The zero-order chi connectivity index (χ0) is 13.8. The Bertz CT molecular complexity index is 262. The first-order chi connectivity index (χ1) is 9.15. The van der Waals surface area contributed by atoms with Crippen LogP contribution < -0.4 is 5.32 Å². The van der Waals surface area contributed by atoms with E-state index < -0.39 is 0 Å². The summed E-state index contributed by atoms with van der Waals surface area (Å²) in [5, 5.41) is 3.85. The van der Waals surface area contributed by atoms with Gasteiger partial charge >= 0.3 is 0 Å². The van der Waals surface area contributed by atoms with E-state index in [0.29, 0.717) is 0 Å². The summed E-state index contributed by atoms with van der Waals surface area (Å²) in [7, 11) is 0. The molecule has 2 fully saturated rings. The van der Waals surface area contributed by atoms with E-state index >= 15 is 0 Å². The highest BCUT2D eigenvalue weighted by atomic mass is 15.2. The molecule has 2 saturated carbocycles. The second-order valence-electron chi connectivity index (χ2n) is 7.14. The normalized spacial score (nSPS) is 35.8. The number of likely N-dealkylation sites (N-methyl/N-ethyl adjacent to an activating group) is 1. The van der Waals surface area contributed by atoms with Gasteiger partial charge in [-0.25, -0.2) is 0 Å². The Balaban J connectivity index is 2.01. The summed E-state index contributed by atoms with van der Waals surface area (Å²) in [5.74, 6) is 2.75. The predicted molar refractivity (Wildman–Crippen MR) is 83.4 cm³/mol. The molecule has 1 N–H and O–H groups in total. The van der Waals surface area contributed by atoms with Gasteiger partial charge in [0.2, 0.25) is 0 Å². The molecule has 2 heteroatoms. The van der Waals surface area contributed by atoms with Crippen molar-refractivity contribution in [1.29, 1.82) is 0 Å². The highest BCUT2D eigenvalue weighted by Crippen LogP contribution is 2.36. The molecule has 4 unspecified atom stereocenters. The standard InChI is InChI=1S/C17H34N2/c1-5-9-18-16-11-13(3)10-14(4)17(16)19(6-2)12-15-7-8-15/h13-18H,5-12H2,1-4H3. The smallest absolute Gasteiger partial charge is 0.0275 e. The highest BCUT2D eigenvalue weighted by Gasteiger charge is 2.38. The van der Waals surface area contributed by atoms with Crippen LogP contribution in [-0.2, 0) is 0 Å². The Morgan fingerprint density at radius 1 is 1.11 bits per heavy atom. The van der Waals surface area contributed by atoms with E-state index in [4.69, 9.17) is 0 Å².